The van der Waals surface area contributed by atoms with Gasteiger partial charge >= 0.3 is 5.69 Å². The molecule has 1 heterocycles. The predicted molar refractivity (Wildman–Crippen MR) is 80.7 cm³/mol. The first kappa shape index (κ1) is 14.5. The molecule has 0 spiro atoms. The summed E-state index contributed by atoms with van der Waals surface area (Å²) in [5.41, 5.74) is 0.366. The first-order valence-electron chi connectivity index (χ1n) is 5.42. The molecule has 0 bridgehead atoms. The van der Waals surface area contributed by atoms with Crippen molar-refractivity contribution in [2.24, 2.45) is 0 Å². The van der Waals surface area contributed by atoms with E-state index in [4.69, 9.17) is 11.6 Å². The molecule has 0 aliphatic heterocycles. The van der Waals surface area contributed by atoms with Crippen molar-refractivity contribution in [1.82, 2.24) is 9.97 Å². The number of aromatic nitrogens is 2. The van der Waals surface area contributed by atoms with E-state index in [-0.39, 0.29) is 17.5 Å². The van der Waals surface area contributed by atoms with Crippen molar-refractivity contribution in [2.75, 3.05) is 17.7 Å². The summed E-state index contributed by atoms with van der Waals surface area (Å²) < 4.78 is 0.734. The molecule has 1 aromatic heterocycles. The fraction of sp³-hybridized carbons (Fsp3) is 0.0909. The Bertz CT molecular complexity index is 667. The predicted octanol–water partition coefficient (Wildman–Crippen LogP) is 3.59. The fourth-order valence-electron chi connectivity index (χ4n) is 1.43. The molecule has 0 saturated carbocycles. The zero-order valence-electron chi connectivity index (χ0n) is 10.2. The minimum Gasteiger partial charge on any atom is -0.357 e. The molecule has 104 valence electrons. The molecule has 0 atom stereocenters. The van der Waals surface area contributed by atoms with E-state index >= 15 is 0 Å². The second-order valence-corrected chi connectivity index (χ2v) is 4.95. The number of nitrogens with zero attached hydrogens (tertiary/aromatic N) is 3. The van der Waals surface area contributed by atoms with Gasteiger partial charge in [0, 0.05) is 17.2 Å². The van der Waals surface area contributed by atoms with E-state index in [1.165, 1.54) is 0 Å². The number of rotatable bonds is 4. The molecular formula is C11H9BrClN5O2. The van der Waals surface area contributed by atoms with Crippen LogP contribution in [0.3, 0.4) is 0 Å². The molecule has 7 nitrogen and oxygen atoms in total. The molecule has 2 aromatic rings. The van der Waals surface area contributed by atoms with E-state index in [0.29, 0.717) is 10.7 Å². The molecule has 0 radical (unpaired) electrons. The van der Waals surface area contributed by atoms with E-state index in [1.807, 2.05) is 0 Å². The van der Waals surface area contributed by atoms with Crippen LogP contribution in [0, 0.1) is 10.1 Å². The number of nitrogens with one attached hydrogen (secondary N) is 2. The lowest BCUT2D eigenvalue weighted by molar-refractivity contribution is -0.384. The molecule has 0 aliphatic rings. The molecular weight excluding hydrogens is 350 g/mol. The van der Waals surface area contributed by atoms with Gasteiger partial charge in [-0.25, -0.2) is 4.98 Å². The third-order valence-corrected chi connectivity index (χ3v) is 3.60. The SMILES string of the molecule is CNc1ncc([N+](=O)[O-])c(Nc2ccc(Br)c(Cl)c2)n1. The maximum atomic E-state index is 11.0. The average molecular weight is 359 g/mol. The monoisotopic (exact) mass is 357 g/mol. The Morgan fingerprint density at radius 3 is 2.80 bits per heavy atom. The summed E-state index contributed by atoms with van der Waals surface area (Å²) in [4.78, 5) is 18.3. The first-order chi connectivity index (χ1) is 9.51. The summed E-state index contributed by atoms with van der Waals surface area (Å²) >= 11 is 9.25. The maximum absolute atomic E-state index is 11.0. The van der Waals surface area contributed by atoms with Gasteiger partial charge in [-0.3, -0.25) is 10.1 Å². The van der Waals surface area contributed by atoms with Crippen LogP contribution in [0.5, 0.6) is 0 Å². The van der Waals surface area contributed by atoms with Crippen molar-refractivity contribution >= 4 is 50.7 Å². The van der Waals surface area contributed by atoms with Gasteiger partial charge in [0.15, 0.2) is 0 Å². The van der Waals surface area contributed by atoms with Crippen LogP contribution in [-0.4, -0.2) is 21.9 Å². The summed E-state index contributed by atoms with van der Waals surface area (Å²) in [5, 5.41) is 17.0. The summed E-state index contributed by atoms with van der Waals surface area (Å²) in [7, 11) is 1.63. The van der Waals surface area contributed by atoms with Gasteiger partial charge in [0.25, 0.3) is 0 Å². The quantitative estimate of drug-likeness (QED) is 0.641. The molecule has 9 heteroatoms. The lowest BCUT2D eigenvalue weighted by Gasteiger charge is -2.08. The van der Waals surface area contributed by atoms with Gasteiger partial charge in [0.05, 0.1) is 9.95 Å². The largest absolute Gasteiger partial charge is 0.357 e. The Hall–Kier alpha value is -1.93. The maximum Gasteiger partial charge on any atom is 0.329 e. The van der Waals surface area contributed by atoms with E-state index in [1.54, 1.807) is 25.2 Å². The highest BCUT2D eigenvalue weighted by Gasteiger charge is 2.17. The Morgan fingerprint density at radius 1 is 1.45 bits per heavy atom. The van der Waals surface area contributed by atoms with Crippen molar-refractivity contribution < 1.29 is 4.92 Å². The lowest BCUT2D eigenvalue weighted by atomic mass is 10.3. The smallest absolute Gasteiger partial charge is 0.329 e. The molecule has 1 aromatic carbocycles. The number of halogens is 2. The topological polar surface area (TPSA) is 93.0 Å². The molecule has 0 amide bonds. The molecule has 0 saturated heterocycles. The number of hydrogen-bond acceptors (Lipinski definition) is 6. The highest BCUT2D eigenvalue weighted by molar-refractivity contribution is 9.10. The highest BCUT2D eigenvalue weighted by Crippen LogP contribution is 2.30. The Balaban J connectivity index is 2.40. The van der Waals surface area contributed by atoms with Crippen molar-refractivity contribution in [1.29, 1.82) is 0 Å². The van der Waals surface area contributed by atoms with Crippen LogP contribution in [0.15, 0.2) is 28.9 Å². The van der Waals surface area contributed by atoms with Gasteiger partial charge in [0.1, 0.15) is 6.20 Å². The van der Waals surface area contributed by atoms with Crippen LogP contribution < -0.4 is 10.6 Å². The van der Waals surface area contributed by atoms with Crippen molar-refractivity contribution in [3.05, 3.63) is 44.0 Å². The van der Waals surface area contributed by atoms with Gasteiger partial charge in [-0.2, -0.15) is 4.98 Å². The van der Waals surface area contributed by atoms with Crippen molar-refractivity contribution in [3.8, 4) is 0 Å². The summed E-state index contributed by atoms with van der Waals surface area (Å²) in [6.07, 6.45) is 1.14. The van der Waals surface area contributed by atoms with Gasteiger partial charge in [-0.05, 0) is 34.1 Å². The first-order valence-corrected chi connectivity index (χ1v) is 6.59. The number of hydrogen-bond donors (Lipinski definition) is 2. The van der Waals surface area contributed by atoms with Crippen LogP contribution in [0.1, 0.15) is 0 Å². The van der Waals surface area contributed by atoms with E-state index in [9.17, 15) is 10.1 Å². The Kier molecular flexibility index (Phi) is 4.35. The number of nitro groups is 1. The average Bonchev–Trinajstić information content (AvgIpc) is 2.42. The van der Waals surface area contributed by atoms with Gasteiger partial charge in [-0.1, -0.05) is 11.6 Å². The second-order valence-electron chi connectivity index (χ2n) is 3.69. The van der Waals surface area contributed by atoms with Crippen LogP contribution in [-0.2, 0) is 0 Å². The number of anilines is 3. The summed E-state index contributed by atoms with van der Waals surface area (Å²) in [5.74, 6) is 0.369. The van der Waals surface area contributed by atoms with Crippen LogP contribution in [0.25, 0.3) is 0 Å². The van der Waals surface area contributed by atoms with Crippen molar-refractivity contribution in [2.45, 2.75) is 0 Å². The Labute approximate surface area is 127 Å². The van der Waals surface area contributed by atoms with Gasteiger partial charge < -0.3 is 10.6 Å². The summed E-state index contributed by atoms with van der Waals surface area (Å²) in [6.45, 7) is 0. The molecule has 0 fully saturated rings. The molecule has 0 unspecified atom stereocenters. The third kappa shape index (κ3) is 3.14. The molecule has 2 rings (SSSR count). The summed E-state index contributed by atoms with van der Waals surface area (Å²) in [6, 6.07) is 5.09. The molecule has 0 aliphatic carbocycles. The van der Waals surface area contributed by atoms with Gasteiger partial charge in [0.2, 0.25) is 11.8 Å². The fourth-order valence-corrected chi connectivity index (χ4v) is 1.86. The lowest BCUT2D eigenvalue weighted by Crippen LogP contribution is -2.04. The van der Waals surface area contributed by atoms with E-state index in [0.717, 1.165) is 10.7 Å². The number of benzene rings is 1. The highest BCUT2D eigenvalue weighted by atomic mass is 79.9. The Morgan fingerprint density at radius 2 is 2.20 bits per heavy atom. The van der Waals surface area contributed by atoms with Crippen molar-refractivity contribution in [3.63, 3.8) is 0 Å². The molecule has 2 N–H and O–H groups in total. The van der Waals surface area contributed by atoms with Crippen LogP contribution in [0.4, 0.5) is 23.1 Å². The van der Waals surface area contributed by atoms with E-state index in [2.05, 4.69) is 36.5 Å². The third-order valence-electron chi connectivity index (χ3n) is 2.37. The minimum atomic E-state index is -0.553. The minimum absolute atomic E-state index is 0.0905. The van der Waals surface area contributed by atoms with E-state index < -0.39 is 4.92 Å². The normalized spacial score (nSPS) is 10.2. The zero-order valence-corrected chi connectivity index (χ0v) is 12.6. The molecule has 20 heavy (non-hydrogen) atoms. The standard InChI is InChI=1S/C11H9BrClN5O2/c1-14-11-15-5-9(18(19)20)10(17-11)16-6-2-3-7(12)8(13)4-6/h2-5H,1H3,(H2,14,15,16,17). The van der Waals surface area contributed by atoms with Crippen LogP contribution in [0.2, 0.25) is 5.02 Å². The van der Waals surface area contributed by atoms with Crippen LogP contribution >= 0.6 is 27.5 Å². The zero-order chi connectivity index (χ0) is 14.7. The second kappa shape index (κ2) is 6.02. The van der Waals surface area contributed by atoms with Gasteiger partial charge in [-0.15, -0.1) is 0 Å².